The predicted molar refractivity (Wildman–Crippen MR) is 132 cm³/mol. The molecule has 2 aromatic carbocycles. The zero-order valence-electron chi connectivity index (χ0n) is 21.0. The Balaban J connectivity index is 0.000000658. The second-order valence-corrected chi connectivity index (χ2v) is 9.20. The number of nitrogens with two attached hydrogens (primary N) is 1. The van der Waals surface area contributed by atoms with Crippen LogP contribution in [0.1, 0.15) is 58.1 Å². The van der Waals surface area contributed by atoms with E-state index in [1.54, 1.807) is 32.9 Å². The predicted octanol–water partition coefficient (Wildman–Crippen LogP) is 5.49. The van der Waals surface area contributed by atoms with E-state index >= 15 is 0 Å². The zero-order valence-corrected chi connectivity index (χ0v) is 21.0. The molecule has 0 spiro atoms. The molecule has 7 nitrogen and oxygen atoms in total. The lowest BCUT2D eigenvalue weighted by atomic mass is 10.0. The maximum absolute atomic E-state index is 13.1. The molecular weight excluding hydrogens is 453 g/mol. The standard InChI is InChI=1S/C22H27FO4.C5H11NO2/c1-17(27-16-19-6-3-2-4-7-19)14-21(26-13-5-8-22(24)25)15-18-9-11-20(23)12-10-18;1-5(2,3)8-4(6)7/h2-4,6-7,9-12,17,21H,5,8,13-16H2,1H3,(H,24,25);1-3H3,(H2,6,7). The maximum Gasteiger partial charge on any atom is 0.405 e. The summed E-state index contributed by atoms with van der Waals surface area (Å²) in [4.78, 5) is 20.7. The quantitative estimate of drug-likeness (QED) is 0.380. The van der Waals surface area contributed by atoms with Gasteiger partial charge in [0.2, 0.25) is 0 Å². The highest BCUT2D eigenvalue weighted by Crippen LogP contribution is 2.16. The molecule has 2 rings (SSSR count). The lowest BCUT2D eigenvalue weighted by Gasteiger charge is -2.22. The van der Waals surface area contributed by atoms with Gasteiger partial charge in [0, 0.05) is 13.0 Å². The average molecular weight is 492 g/mol. The van der Waals surface area contributed by atoms with Gasteiger partial charge in [-0.25, -0.2) is 9.18 Å². The Labute approximate surface area is 207 Å². The Morgan fingerprint density at radius 3 is 2.14 bits per heavy atom. The van der Waals surface area contributed by atoms with E-state index in [-0.39, 0.29) is 24.4 Å². The number of hydrogen-bond acceptors (Lipinski definition) is 5. The molecule has 2 unspecified atom stereocenters. The number of hydrogen-bond donors (Lipinski definition) is 2. The second-order valence-electron chi connectivity index (χ2n) is 9.20. The van der Waals surface area contributed by atoms with Crippen molar-refractivity contribution in [3.63, 3.8) is 0 Å². The van der Waals surface area contributed by atoms with Crippen molar-refractivity contribution in [2.24, 2.45) is 5.73 Å². The molecule has 0 aliphatic carbocycles. The minimum atomic E-state index is -0.826. The summed E-state index contributed by atoms with van der Waals surface area (Å²) in [5, 5.41) is 8.75. The lowest BCUT2D eigenvalue weighted by molar-refractivity contribution is -0.137. The van der Waals surface area contributed by atoms with Crippen molar-refractivity contribution in [1.82, 2.24) is 0 Å². The third-order valence-corrected chi connectivity index (χ3v) is 4.64. The molecule has 0 aliphatic rings. The molecule has 0 aliphatic heterocycles. The number of carbonyl (C=O) groups is 2. The number of ether oxygens (including phenoxy) is 3. The van der Waals surface area contributed by atoms with E-state index in [4.69, 9.17) is 20.3 Å². The fraction of sp³-hybridized carbons (Fsp3) is 0.481. The molecule has 0 bridgehead atoms. The molecule has 194 valence electrons. The van der Waals surface area contributed by atoms with Crippen LogP contribution in [-0.4, -0.2) is 41.6 Å². The summed E-state index contributed by atoms with van der Waals surface area (Å²) < 4.78 is 29.5. The molecule has 0 radical (unpaired) electrons. The highest BCUT2D eigenvalue weighted by atomic mass is 19.1. The summed E-state index contributed by atoms with van der Waals surface area (Å²) in [7, 11) is 0. The Hall–Kier alpha value is -2.97. The number of primary amides is 1. The van der Waals surface area contributed by atoms with Gasteiger partial charge >= 0.3 is 12.1 Å². The Morgan fingerprint density at radius 2 is 1.63 bits per heavy atom. The van der Waals surface area contributed by atoms with Crippen LogP contribution in [0.25, 0.3) is 0 Å². The summed E-state index contributed by atoms with van der Waals surface area (Å²) in [6.07, 6.45) is 1.00. The zero-order chi connectivity index (χ0) is 26.3. The van der Waals surface area contributed by atoms with Crippen molar-refractivity contribution >= 4 is 12.1 Å². The fourth-order valence-corrected chi connectivity index (χ4v) is 3.12. The van der Waals surface area contributed by atoms with E-state index in [0.717, 1.165) is 11.1 Å². The van der Waals surface area contributed by atoms with Crippen LogP contribution in [0.5, 0.6) is 0 Å². The molecule has 3 N–H and O–H groups in total. The first-order chi connectivity index (χ1) is 16.4. The molecule has 0 saturated carbocycles. The molecule has 1 amide bonds. The largest absolute Gasteiger partial charge is 0.481 e. The van der Waals surface area contributed by atoms with Gasteiger partial charge in [-0.15, -0.1) is 0 Å². The van der Waals surface area contributed by atoms with Gasteiger partial charge in [-0.05, 0) is 70.2 Å². The van der Waals surface area contributed by atoms with E-state index in [1.165, 1.54) is 12.1 Å². The number of carboxylic acids is 1. The normalized spacial score (nSPS) is 12.7. The second kappa shape index (κ2) is 15.8. The van der Waals surface area contributed by atoms with Gasteiger partial charge in [0.15, 0.2) is 0 Å². The monoisotopic (exact) mass is 491 g/mol. The van der Waals surface area contributed by atoms with Crippen LogP contribution < -0.4 is 5.73 Å². The molecule has 2 atom stereocenters. The van der Waals surface area contributed by atoms with Crippen molar-refractivity contribution < 1.29 is 33.3 Å². The Morgan fingerprint density at radius 1 is 1.00 bits per heavy atom. The van der Waals surface area contributed by atoms with Crippen LogP contribution in [0, 0.1) is 5.82 Å². The van der Waals surface area contributed by atoms with Gasteiger partial charge in [-0.2, -0.15) is 0 Å². The smallest absolute Gasteiger partial charge is 0.405 e. The molecule has 2 aromatic rings. The number of aliphatic carboxylic acids is 1. The van der Waals surface area contributed by atoms with Crippen molar-refractivity contribution in [2.75, 3.05) is 6.61 Å². The van der Waals surface area contributed by atoms with E-state index in [0.29, 0.717) is 32.5 Å². The van der Waals surface area contributed by atoms with Gasteiger partial charge in [0.1, 0.15) is 11.4 Å². The van der Waals surface area contributed by atoms with Gasteiger partial charge < -0.3 is 25.1 Å². The number of benzene rings is 2. The van der Waals surface area contributed by atoms with Crippen LogP contribution in [0.3, 0.4) is 0 Å². The van der Waals surface area contributed by atoms with Crippen LogP contribution in [0.15, 0.2) is 54.6 Å². The van der Waals surface area contributed by atoms with Crippen LogP contribution in [-0.2, 0) is 32.0 Å². The van der Waals surface area contributed by atoms with Crippen LogP contribution in [0.4, 0.5) is 9.18 Å². The summed E-state index contributed by atoms with van der Waals surface area (Å²) in [5.74, 6) is -1.09. The average Bonchev–Trinajstić information content (AvgIpc) is 2.76. The fourth-order valence-electron chi connectivity index (χ4n) is 3.12. The number of rotatable bonds is 12. The first kappa shape index (κ1) is 30.1. The SMILES string of the molecule is CC(C)(C)OC(N)=O.CC(CC(Cc1ccc(F)cc1)OCCCC(=O)O)OCc1ccccc1. The van der Waals surface area contributed by atoms with E-state index in [1.807, 2.05) is 37.3 Å². The summed E-state index contributed by atoms with van der Waals surface area (Å²) >= 11 is 0. The number of amides is 1. The highest BCUT2D eigenvalue weighted by molar-refractivity contribution is 5.66. The van der Waals surface area contributed by atoms with Crippen molar-refractivity contribution in [2.45, 2.75) is 77.8 Å². The summed E-state index contributed by atoms with van der Waals surface area (Å²) in [5.41, 5.74) is 6.36. The summed E-state index contributed by atoms with van der Waals surface area (Å²) in [6, 6.07) is 16.3. The Kier molecular flexibility index (Phi) is 13.6. The molecule has 8 heteroatoms. The van der Waals surface area contributed by atoms with Crippen LogP contribution in [0.2, 0.25) is 0 Å². The van der Waals surface area contributed by atoms with Gasteiger partial charge in [0.05, 0.1) is 18.8 Å². The molecule has 0 saturated heterocycles. The molecule has 35 heavy (non-hydrogen) atoms. The minimum Gasteiger partial charge on any atom is -0.481 e. The van der Waals surface area contributed by atoms with Gasteiger partial charge in [-0.3, -0.25) is 4.79 Å². The van der Waals surface area contributed by atoms with E-state index < -0.39 is 17.7 Å². The van der Waals surface area contributed by atoms with E-state index in [9.17, 15) is 14.0 Å². The Bertz CT molecular complexity index is 867. The van der Waals surface area contributed by atoms with Gasteiger partial charge in [0.25, 0.3) is 0 Å². The highest BCUT2D eigenvalue weighted by Gasteiger charge is 2.16. The molecule has 0 aromatic heterocycles. The third-order valence-electron chi connectivity index (χ3n) is 4.64. The van der Waals surface area contributed by atoms with Gasteiger partial charge in [-0.1, -0.05) is 42.5 Å². The molecule has 0 fully saturated rings. The van der Waals surface area contributed by atoms with E-state index in [2.05, 4.69) is 4.74 Å². The minimum absolute atomic E-state index is 0.0184. The third kappa shape index (κ3) is 16.3. The maximum atomic E-state index is 13.1. The lowest BCUT2D eigenvalue weighted by Crippen LogP contribution is -2.27. The van der Waals surface area contributed by atoms with Crippen molar-refractivity contribution in [3.8, 4) is 0 Å². The van der Waals surface area contributed by atoms with Crippen molar-refractivity contribution in [1.29, 1.82) is 0 Å². The first-order valence-corrected chi connectivity index (χ1v) is 11.7. The van der Waals surface area contributed by atoms with Crippen LogP contribution >= 0.6 is 0 Å². The topological polar surface area (TPSA) is 108 Å². The summed E-state index contributed by atoms with van der Waals surface area (Å²) in [6.45, 7) is 8.20. The first-order valence-electron chi connectivity index (χ1n) is 11.7. The molecule has 0 heterocycles. The van der Waals surface area contributed by atoms with Crippen molar-refractivity contribution in [3.05, 3.63) is 71.5 Å². The number of carboxylic acid groups (broad SMARTS) is 1. The number of carbonyl (C=O) groups excluding carboxylic acids is 1. The molecular formula is C27H38FNO6. The number of halogens is 1.